The third kappa shape index (κ3) is 4.45. The first-order valence-electron chi connectivity index (χ1n) is 12.7. The van der Waals surface area contributed by atoms with E-state index in [1.54, 1.807) is 0 Å². The summed E-state index contributed by atoms with van der Waals surface area (Å²) in [5.74, 6) is -1.70. The van der Waals surface area contributed by atoms with Crippen LogP contribution in [0.4, 0.5) is 5.69 Å². The third-order valence-corrected chi connectivity index (χ3v) is 6.46. The summed E-state index contributed by atoms with van der Waals surface area (Å²) in [6.45, 7) is 9.74. The van der Waals surface area contributed by atoms with Crippen LogP contribution in [0.25, 0.3) is 11.3 Å². The van der Waals surface area contributed by atoms with Crippen LogP contribution in [-0.2, 0) is 39.8 Å². The molecule has 1 radical (unpaired) electrons. The van der Waals surface area contributed by atoms with Crippen LogP contribution in [0.15, 0.2) is 73.1 Å². The van der Waals surface area contributed by atoms with Crippen molar-refractivity contribution < 1.29 is 35.5 Å². The molecule has 2 heterocycles. The summed E-state index contributed by atoms with van der Waals surface area (Å²) in [5, 5.41) is 0. The summed E-state index contributed by atoms with van der Waals surface area (Å²) in [5.41, 5.74) is 8.85. The van der Waals surface area contributed by atoms with E-state index in [4.69, 9.17) is 2.74 Å². The molecule has 3 aromatic carbocycles. The minimum Gasteiger partial charge on any atom is -0.313 e. The van der Waals surface area contributed by atoms with Gasteiger partial charge in [0.05, 0.1) is 19.4 Å². The van der Waals surface area contributed by atoms with E-state index in [0.717, 1.165) is 50.4 Å². The topological polar surface area (TPSA) is 12.9 Å². The van der Waals surface area contributed by atoms with Gasteiger partial charge in [0.25, 0.3) is 0 Å². The number of hydrogen-bond acceptors (Lipinski definition) is 0. The Bertz CT molecular complexity index is 1530. The predicted octanol–water partition coefficient (Wildman–Crippen LogP) is 6.48. The molecule has 1 aromatic heterocycles. The maximum absolute atomic E-state index is 8.93. The van der Waals surface area contributed by atoms with Gasteiger partial charge in [-0.1, -0.05) is 63.6 Å². The van der Waals surface area contributed by atoms with Crippen LogP contribution in [0.2, 0.25) is 0 Å². The Kier molecular flexibility index (Phi) is 6.72. The molecule has 1 aliphatic rings. The van der Waals surface area contributed by atoms with Crippen molar-refractivity contribution in [1.82, 2.24) is 13.7 Å². The minimum absolute atomic E-state index is 0. The molecule has 0 unspecified atom stereocenters. The molecule has 0 spiro atoms. The summed E-state index contributed by atoms with van der Waals surface area (Å²) >= 11 is 0. The summed E-state index contributed by atoms with van der Waals surface area (Å²) in [4.78, 5) is 0. The number of aryl methyl sites for hydroxylation is 2. The van der Waals surface area contributed by atoms with E-state index in [1.165, 1.54) is 0 Å². The van der Waals surface area contributed by atoms with Crippen LogP contribution in [0.1, 0.15) is 70.0 Å². The molecular weight excluding hydrogens is 503 g/mol. The zero-order chi connectivity index (χ0) is 25.8. The first-order valence-corrected chi connectivity index (χ1v) is 11.7. The second-order valence-electron chi connectivity index (χ2n) is 9.35. The number of para-hydroxylation sites is 2. The number of aromatic nitrogens is 2. The van der Waals surface area contributed by atoms with Crippen molar-refractivity contribution in [2.75, 3.05) is 0 Å². The van der Waals surface area contributed by atoms with Crippen molar-refractivity contribution in [1.29, 1.82) is 0 Å². The van der Waals surface area contributed by atoms with Gasteiger partial charge in [0, 0.05) is 41.1 Å². The molecule has 0 N–H and O–H groups in total. The second kappa shape index (κ2) is 10.2. The minimum atomic E-state index is -0.848. The zero-order valence-corrected chi connectivity index (χ0v) is 24.2. The number of nitrogens with zero attached hydrogens (tertiary/aromatic N) is 3. The van der Waals surface area contributed by atoms with Gasteiger partial charge in [-0.25, -0.2) is 10.1 Å². The van der Waals surface area contributed by atoms with Crippen LogP contribution < -0.4 is 10.2 Å². The van der Waals surface area contributed by atoms with Crippen molar-refractivity contribution in [2.24, 2.45) is 7.05 Å². The Morgan fingerprint density at radius 2 is 1.57 bits per heavy atom. The van der Waals surface area contributed by atoms with Crippen LogP contribution in [0, 0.1) is 19.2 Å². The largest absolute Gasteiger partial charge is 0.313 e. The number of benzene rings is 3. The zero-order valence-electron chi connectivity index (χ0n) is 23.3. The monoisotopic (exact) mass is 537 g/mol. The van der Waals surface area contributed by atoms with Crippen molar-refractivity contribution in [2.45, 2.75) is 46.4 Å². The van der Waals surface area contributed by atoms with Crippen molar-refractivity contribution in [3.05, 3.63) is 119 Å². The Morgan fingerprint density at radius 3 is 2.20 bits per heavy atom. The smallest absolute Gasteiger partial charge is 0.308 e. The molecule has 5 rings (SSSR count). The molecule has 0 bridgehead atoms. The van der Waals surface area contributed by atoms with Crippen LogP contribution in [0.3, 0.4) is 0 Å². The molecule has 0 amide bonds. The van der Waals surface area contributed by atoms with Crippen LogP contribution in [-0.4, -0.2) is 9.13 Å². The molecule has 0 saturated heterocycles. The van der Waals surface area contributed by atoms with Gasteiger partial charge < -0.3 is 4.58 Å². The van der Waals surface area contributed by atoms with Gasteiger partial charge >= 0.3 is 5.62 Å². The quantitative estimate of drug-likeness (QED) is 0.209. The molecule has 0 saturated carbocycles. The number of fused-ring (bicyclic) bond motifs is 1. The summed E-state index contributed by atoms with van der Waals surface area (Å²) in [7, 11) is 2.03. The van der Waals surface area contributed by atoms with E-state index in [2.05, 4.69) is 57.2 Å². The van der Waals surface area contributed by atoms with Gasteiger partial charge in [0.15, 0.2) is 0 Å². The van der Waals surface area contributed by atoms with E-state index in [1.807, 2.05) is 83.5 Å². The van der Waals surface area contributed by atoms with Gasteiger partial charge in [0.2, 0.25) is 0 Å². The number of imidazole rings is 1. The van der Waals surface area contributed by atoms with Crippen molar-refractivity contribution >= 4 is 11.3 Å². The molecule has 0 fully saturated rings. The molecule has 175 valence electrons. The average Bonchev–Trinajstić information content (AvgIpc) is 3.39. The SMILES string of the molecule is [2H]C(C)(C)c1cccc(C([2H])(C)C)c1-n1ccn(C)c1=[N+]1[C-]=C(c2[c-]cccc2)c2cccc(C)c21.[Y]. The van der Waals surface area contributed by atoms with E-state index in [-0.39, 0.29) is 32.7 Å². The average molecular weight is 538 g/mol. The van der Waals surface area contributed by atoms with E-state index >= 15 is 0 Å². The molecule has 0 atom stereocenters. The van der Waals surface area contributed by atoms with E-state index in [9.17, 15) is 0 Å². The fourth-order valence-electron chi connectivity index (χ4n) is 4.81. The van der Waals surface area contributed by atoms with Gasteiger partial charge in [-0.05, 0) is 36.0 Å². The van der Waals surface area contributed by atoms with E-state index in [0.29, 0.717) is 0 Å². The Labute approximate surface area is 237 Å². The number of rotatable bonds is 4. The summed E-state index contributed by atoms with van der Waals surface area (Å²) in [6, 6.07) is 23.7. The molecule has 0 aliphatic carbocycles. The Balaban J connectivity index is 0.00000320. The van der Waals surface area contributed by atoms with Crippen LogP contribution in [0.5, 0.6) is 0 Å². The van der Waals surface area contributed by atoms with Gasteiger partial charge in [-0.3, -0.25) is 4.57 Å². The molecule has 35 heavy (non-hydrogen) atoms. The standard InChI is InChI=1S/C31H32N3.Y/c1-21(2)25-15-11-16-26(22(3)4)30(25)33-19-18-32(6)31(33)34-20-28(24-13-8-7-9-14-24)27-17-10-12-23(5)29(27)34;/h7-13,15-19,21-22H,1-6H3;/q-1;/i21D,22D;. The van der Waals surface area contributed by atoms with Gasteiger partial charge in [-0.15, -0.1) is 17.7 Å². The maximum Gasteiger partial charge on any atom is 0.308 e. The molecule has 4 heteroatoms. The van der Waals surface area contributed by atoms with Crippen LogP contribution >= 0.6 is 0 Å². The Hall–Kier alpha value is -2.49. The van der Waals surface area contributed by atoms with Gasteiger partial charge in [0.1, 0.15) is 5.69 Å². The summed E-state index contributed by atoms with van der Waals surface area (Å²) < 4.78 is 24.2. The fraction of sp³-hybridized carbons (Fsp3) is 0.258. The first kappa shape index (κ1) is 22.9. The van der Waals surface area contributed by atoms with Crippen molar-refractivity contribution in [3.63, 3.8) is 0 Å². The Morgan fingerprint density at radius 1 is 0.886 bits per heavy atom. The third-order valence-electron chi connectivity index (χ3n) is 6.46. The molecular formula is C31H32N3Y-. The van der Waals surface area contributed by atoms with Gasteiger partial charge in [-0.2, -0.15) is 29.8 Å². The molecule has 4 aromatic rings. The number of hydrogen-bond donors (Lipinski definition) is 0. The first-order chi connectivity index (χ1) is 17.0. The predicted molar refractivity (Wildman–Crippen MR) is 140 cm³/mol. The fourth-order valence-corrected chi connectivity index (χ4v) is 4.81. The molecule has 1 aliphatic heterocycles. The second-order valence-corrected chi connectivity index (χ2v) is 9.35. The summed E-state index contributed by atoms with van der Waals surface area (Å²) in [6.07, 6.45) is 7.72. The van der Waals surface area contributed by atoms with E-state index < -0.39 is 11.8 Å². The maximum atomic E-state index is 8.93. The normalized spacial score (nSPS) is 15.7. The van der Waals surface area contributed by atoms with Crippen molar-refractivity contribution in [3.8, 4) is 5.69 Å². The molecule has 3 nitrogen and oxygen atoms in total.